The van der Waals surface area contributed by atoms with Crippen LogP contribution in [0.25, 0.3) is 0 Å². The summed E-state index contributed by atoms with van der Waals surface area (Å²) in [5.74, 6) is 2.56. The molecule has 0 radical (unpaired) electrons. The zero-order chi connectivity index (χ0) is 12.6. The third-order valence-corrected chi connectivity index (χ3v) is 3.23. The number of quaternary nitrogens is 1. The van der Waals surface area contributed by atoms with E-state index in [0.717, 1.165) is 17.8 Å². The van der Waals surface area contributed by atoms with Crippen molar-refractivity contribution in [2.75, 3.05) is 19.6 Å². The zero-order valence-electron chi connectivity index (χ0n) is 13.4. The van der Waals surface area contributed by atoms with Gasteiger partial charge < -0.3 is 27.4 Å². The predicted octanol–water partition coefficient (Wildman–Crippen LogP) is -0.811. The van der Waals surface area contributed by atoms with Gasteiger partial charge in [-0.2, -0.15) is 0 Å². The molecule has 0 aliphatic heterocycles. The maximum absolute atomic E-state index is 2.34. The number of hydrogen-bond acceptors (Lipinski definition) is 0. The average Bonchev–Trinajstić information content (AvgIpc) is 2.15. The first-order valence-corrected chi connectivity index (χ1v) is 7.25. The molecule has 0 rings (SSSR count). The minimum absolute atomic E-state index is 0. The third-order valence-electron chi connectivity index (χ3n) is 3.23. The second-order valence-electron chi connectivity index (χ2n) is 6.55. The van der Waals surface area contributed by atoms with E-state index in [-0.39, 0.29) is 22.5 Å². The van der Waals surface area contributed by atoms with Crippen LogP contribution in [0.4, 0.5) is 0 Å². The van der Waals surface area contributed by atoms with Crippen molar-refractivity contribution in [1.29, 1.82) is 0 Å². The van der Waals surface area contributed by atoms with Crippen LogP contribution in [0.2, 0.25) is 0 Å². The lowest BCUT2D eigenvalue weighted by Gasteiger charge is -2.22. The summed E-state index contributed by atoms with van der Waals surface area (Å²) in [6.45, 7) is 18.1. The summed E-state index contributed by atoms with van der Waals surface area (Å²) in [5.41, 5.74) is 0. The standard InChI is InChI=1S/C15H33N.BrH.H2O/c1-13(2)7-10-16(11-8-14(3)4)12-9-15(5)6;;/h13-15H,7-12H2,1-6H3;1H;1H2. The fraction of sp³-hybridized carbons (Fsp3) is 1.00. The molecular weight excluding hydrogens is 290 g/mol. The Kier molecular flexibility index (Phi) is 18.0. The van der Waals surface area contributed by atoms with Gasteiger partial charge in [-0.25, -0.2) is 0 Å². The van der Waals surface area contributed by atoms with Crippen molar-refractivity contribution in [2.24, 2.45) is 17.8 Å². The van der Waals surface area contributed by atoms with Crippen LogP contribution in [-0.4, -0.2) is 25.1 Å². The highest BCUT2D eigenvalue weighted by molar-refractivity contribution is 4.47. The normalized spacial score (nSPS) is 11.0. The summed E-state index contributed by atoms with van der Waals surface area (Å²) < 4.78 is 0. The van der Waals surface area contributed by atoms with Crippen LogP contribution in [0.3, 0.4) is 0 Å². The Hall–Kier alpha value is 0.400. The fourth-order valence-corrected chi connectivity index (χ4v) is 1.85. The Labute approximate surface area is 126 Å². The topological polar surface area (TPSA) is 35.9 Å². The Morgan fingerprint density at radius 2 is 0.833 bits per heavy atom. The van der Waals surface area contributed by atoms with E-state index in [9.17, 15) is 0 Å². The Morgan fingerprint density at radius 3 is 1.00 bits per heavy atom. The van der Waals surface area contributed by atoms with Crippen molar-refractivity contribution in [1.82, 2.24) is 0 Å². The molecular formula is C15H36BrNO. The van der Waals surface area contributed by atoms with Crippen LogP contribution in [0.15, 0.2) is 0 Å². The molecule has 0 bridgehead atoms. The van der Waals surface area contributed by atoms with Crippen LogP contribution >= 0.6 is 0 Å². The summed E-state index contributed by atoms with van der Waals surface area (Å²) in [6.07, 6.45) is 4.14. The molecule has 0 fully saturated rings. The lowest BCUT2D eigenvalue weighted by molar-refractivity contribution is -0.901. The highest BCUT2D eigenvalue weighted by Gasteiger charge is 2.11. The number of halogens is 1. The lowest BCUT2D eigenvalue weighted by atomic mass is 10.1. The highest BCUT2D eigenvalue weighted by Crippen LogP contribution is 1.99. The van der Waals surface area contributed by atoms with Gasteiger partial charge in [-0.05, 0) is 37.0 Å². The molecule has 18 heavy (non-hydrogen) atoms. The Morgan fingerprint density at radius 1 is 0.611 bits per heavy atom. The van der Waals surface area contributed by atoms with Gasteiger partial charge in [0.05, 0.1) is 19.6 Å². The summed E-state index contributed by atoms with van der Waals surface area (Å²) in [5, 5.41) is 0. The molecule has 0 atom stereocenters. The first-order valence-electron chi connectivity index (χ1n) is 7.25. The second kappa shape index (κ2) is 13.8. The van der Waals surface area contributed by atoms with E-state index in [1.807, 2.05) is 4.90 Å². The van der Waals surface area contributed by atoms with Crippen LogP contribution < -0.4 is 21.9 Å². The van der Waals surface area contributed by atoms with Gasteiger partial charge in [-0.1, -0.05) is 41.5 Å². The molecule has 0 aromatic heterocycles. The van der Waals surface area contributed by atoms with Gasteiger partial charge in [0.1, 0.15) is 0 Å². The van der Waals surface area contributed by atoms with Crippen LogP contribution in [-0.2, 0) is 0 Å². The fourth-order valence-electron chi connectivity index (χ4n) is 1.85. The van der Waals surface area contributed by atoms with Gasteiger partial charge in [0.25, 0.3) is 0 Å². The van der Waals surface area contributed by atoms with Crippen LogP contribution in [0.5, 0.6) is 0 Å². The SMILES string of the molecule is CC(C)CC[NH+](CCC(C)C)CCC(C)C.O.[Br-]. The summed E-state index contributed by atoms with van der Waals surface area (Å²) in [4.78, 5) is 1.83. The van der Waals surface area contributed by atoms with Gasteiger partial charge in [-0.15, -0.1) is 0 Å². The van der Waals surface area contributed by atoms with E-state index in [1.54, 1.807) is 0 Å². The van der Waals surface area contributed by atoms with Crippen LogP contribution in [0.1, 0.15) is 60.8 Å². The molecule has 0 aliphatic carbocycles. The molecule has 0 spiro atoms. The maximum atomic E-state index is 2.34. The zero-order valence-corrected chi connectivity index (χ0v) is 14.9. The van der Waals surface area contributed by atoms with Crippen molar-refractivity contribution in [3.8, 4) is 0 Å². The molecule has 0 amide bonds. The van der Waals surface area contributed by atoms with Gasteiger partial charge >= 0.3 is 0 Å². The quantitative estimate of drug-likeness (QED) is 0.575. The molecule has 0 saturated heterocycles. The molecule has 3 N–H and O–H groups in total. The minimum atomic E-state index is 0. The molecule has 0 saturated carbocycles. The van der Waals surface area contributed by atoms with E-state index < -0.39 is 0 Å². The monoisotopic (exact) mass is 325 g/mol. The van der Waals surface area contributed by atoms with Crippen LogP contribution in [0, 0.1) is 17.8 Å². The molecule has 0 unspecified atom stereocenters. The largest absolute Gasteiger partial charge is 1.00 e. The van der Waals surface area contributed by atoms with E-state index >= 15 is 0 Å². The molecule has 0 aromatic rings. The third kappa shape index (κ3) is 16.4. The van der Waals surface area contributed by atoms with Gasteiger partial charge in [-0.3, -0.25) is 0 Å². The number of rotatable bonds is 9. The lowest BCUT2D eigenvalue weighted by Crippen LogP contribution is -3.12. The van der Waals surface area contributed by atoms with E-state index in [0.29, 0.717) is 0 Å². The molecule has 3 heteroatoms. The minimum Gasteiger partial charge on any atom is -1.00 e. The average molecular weight is 326 g/mol. The molecule has 2 nitrogen and oxygen atoms in total. The number of nitrogens with one attached hydrogen (secondary N) is 1. The Balaban J connectivity index is -0.00000112. The molecule has 0 aliphatic rings. The second-order valence-corrected chi connectivity index (χ2v) is 6.55. The molecule has 0 aromatic carbocycles. The smallest absolute Gasteiger partial charge is 0.0773 e. The summed E-state index contributed by atoms with van der Waals surface area (Å²) in [6, 6.07) is 0. The van der Waals surface area contributed by atoms with Gasteiger partial charge in [0, 0.05) is 0 Å². The van der Waals surface area contributed by atoms with Crippen molar-refractivity contribution in [2.45, 2.75) is 60.8 Å². The maximum Gasteiger partial charge on any atom is 0.0773 e. The Bertz CT molecular complexity index is 132. The molecule has 0 heterocycles. The van der Waals surface area contributed by atoms with Gasteiger partial charge in [0.2, 0.25) is 0 Å². The van der Waals surface area contributed by atoms with Crippen molar-refractivity contribution in [3.05, 3.63) is 0 Å². The summed E-state index contributed by atoms with van der Waals surface area (Å²) >= 11 is 0. The first-order chi connectivity index (χ1) is 7.41. The van der Waals surface area contributed by atoms with Crippen molar-refractivity contribution in [3.63, 3.8) is 0 Å². The van der Waals surface area contributed by atoms with Crippen molar-refractivity contribution >= 4 is 0 Å². The van der Waals surface area contributed by atoms with E-state index in [1.165, 1.54) is 38.9 Å². The van der Waals surface area contributed by atoms with E-state index in [2.05, 4.69) is 41.5 Å². The predicted molar refractivity (Wildman–Crippen MR) is 77.5 cm³/mol. The van der Waals surface area contributed by atoms with Gasteiger partial charge in [0.15, 0.2) is 0 Å². The number of hydrogen-bond donors (Lipinski definition) is 1. The highest BCUT2D eigenvalue weighted by atomic mass is 79.9. The van der Waals surface area contributed by atoms with E-state index in [4.69, 9.17) is 0 Å². The van der Waals surface area contributed by atoms with Crippen molar-refractivity contribution < 1.29 is 27.4 Å². The molecule has 114 valence electrons. The first kappa shape index (κ1) is 23.5. The summed E-state index contributed by atoms with van der Waals surface area (Å²) in [7, 11) is 0.